The van der Waals surface area contributed by atoms with Crippen molar-refractivity contribution in [1.29, 1.82) is 0 Å². The fraction of sp³-hybridized carbons (Fsp3) is 0.0345. The van der Waals surface area contributed by atoms with Crippen LogP contribution in [-0.4, -0.2) is 0 Å². The molecule has 0 amide bonds. The van der Waals surface area contributed by atoms with Crippen molar-refractivity contribution >= 4 is 86.2 Å². The van der Waals surface area contributed by atoms with Crippen molar-refractivity contribution in [1.82, 2.24) is 0 Å². The molecule has 0 fully saturated rings. The molecule has 0 bridgehead atoms. The summed E-state index contributed by atoms with van der Waals surface area (Å²) in [6.45, 7) is 2.33. The van der Waals surface area contributed by atoms with Crippen LogP contribution in [0.3, 0.4) is 0 Å². The van der Waals surface area contributed by atoms with Gasteiger partial charge in [-0.05, 0) is 132 Å². The molecule has 0 saturated carbocycles. The minimum Gasteiger partial charge on any atom is -0.0616 e. The van der Waals surface area contributed by atoms with Gasteiger partial charge < -0.3 is 0 Å². The second-order valence-electron chi connectivity index (χ2n) is 15.9. The molecule has 0 atom stereocenters. The minimum atomic E-state index is 0.246. The Morgan fingerprint density at radius 1 is 0.241 bits per heavy atom. The molecule has 0 aliphatic heterocycles. The van der Waals surface area contributed by atoms with Gasteiger partial charge in [-0.2, -0.15) is 0 Å². The maximum Gasteiger partial charge on any atom is 0.00610 e. The van der Waals surface area contributed by atoms with Crippen molar-refractivity contribution in [2.45, 2.75) is 12.8 Å². The third-order valence-corrected chi connectivity index (χ3v) is 12.9. The smallest absolute Gasteiger partial charge is 0.00610 e. The van der Waals surface area contributed by atoms with E-state index in [0.29, 0.717) is 0 Å². The van der Waals surface area contributed by atoms with E-state index in [1.54, 1.807) is 0 Å². The van der Waals surface area contributed by atoms with E-state index in [0.717, 1.165) is 0 Å². The Labute approximate surface area is 337 Å². The molecule has 58 heavy (non-hydrogen) atoms. The molecular formula is C58H38. The second-order valence-corrected chi connectivity index (χ2v) is 15.9. The van der Waals surface area contributed by atoms with Gasteiger partial charge in [-0.15, -0.1) is 0 Å². The van der Waals surface area contributed by atoms with Crippen LogP contribution in [0.2, 0.25) is 0 Å². The van der Waals surface area contributed by atoms with Crippen LogP contribution in [0.25, 0.3) is 108 Å². The van der Waals surface area contributed by atoms with E-state index in [1.807, 2.05) is 0 Å². The van der Waals surface area contributed by atoms with Crippen LogP contribution in [0.5, 0.6) is 0 Å². The zero-order chi connectivity index (χ0) is 38.3. The van der Waals surface area contributed by atoms with Crippen LogP contribution in [0.1, 0.15) is 24.0 Å². The first-order valence-corrected chi connectivity index (χ1v) is 20.4. The normalized spacial score (nSPS) is 12.0. The maximum absolute atomic E-state index is 2.44. The molecule has 0 N–H and O–H groups in total. The summed E-state index contributed by atoms with van der Waals surface area (Å²) < 4.78 is 0. The summed E-state index contributed by atoms with van der Waals surface area (Å²) in [5.41, 5.74) is 7.65. The Kier molecular flexibility index (Phi) is 7.31. The lowest BCUT2D eigenvalue weighted by atomic mass is 9.86. The molecule has 12 rings (SSSR count). The third kappa shape index (κ3) is 4.88. The van der Waals surface area contributed by atoms with E-state index in [-0.39, 0.29) is 5.92 Å². The number of rotatable bonds is 4. The summed E-state index contributed by atoms with van der Waals surface area (Å²) in [4.78, 5) is 0. The Morgan fingerprint density at radius 3 is 0.810 bits per heavy atom. The van der Waals surface area contributed by atoms with Crippen molar-refractivity contribution in [3.63, 3.8) is 0 Å². The molecule has 12 aromatic rings. The van der Waals surface area contributed by atoms with E-state index in [2.05, 4.69) is 213 Å². The van der Waals surface area contributed by atoms with Gasteiger partial charge in [0.15, 0.2) is 0 Å². The summed E-state index contributed by atoms with van der Waals surface area (Å²) in [5.74, 6) is 0.246. The number of hydrogen-bond donors (Lipinski definition) is 0. The average molecular weight is 735 g/mol. The van der Waals surface area contributed by atoms with Gasteiger partial charge in [0.2, 0.25) is 0 Å². The highest BCUT2D eigenvalue weighted by Gasteiger charge is 2.18. The van der Waals surface area contributed by atoms with Gasteiger partial charge in [0, 0.05) is 5.92 Å². The summed E-state index contributed by atoms with van der Waals surface area (Å²) >= 11 is 0. The highest BCUT2D eigenvalue weighted by Crippen LogP contribution is 2.45. The zero-order valence-electron chi connectivity index (χ0n) is 32.2. The maximum atomic E-state index is 2.44. The van der Waals surface area contributed by atoms with Gasteiger partial charge >= 0.3 is 0 Å². The third-order valence-electron chi connectivity index (χ3n) is 12.9. The van der Waals surface area contributed by atoms with E-state index < -0.39 is 0 Å². The highest BCUT2D eigenvalue weighted by molar-refractivity contribution is 6.34. The van der Waals surface area contributed by atoms with Crippen LogP contribution in [-0.2, 0) is 0 Å². The Hall–Kier alpha value is -7.28. The predicted octanol–water partition coefficient (Wildman–Crippen LogP) is 16.4. The molecule has 270 valence electrons. The van der Waals surface area contributed by atoms with Gasteiger partial charge in [0.05, 0.1) is 0 Å². The lowest BCUT2D eigenvalue weighted by Gasteiger charge is -2.18. The van der Waals surface area contributed by atoms with Crippen molar-refractivity contribution in [2.75, 3.05) is 0 Å². The zero-order valence-corrected chi connectivity index (χ0v) is 32.2. The Bertz CT molecular complexity index is 3370. The van der Waals surface area contributed by atoms with Gasteiger partial charge in [-0.25, -0.2) is 0 Å². The van der Waals surface area contributed by atoms with Crippen LogP contribution < -0.4 is 0 Å². The molecule has 0 unspecified atom stereocenters. The Balaban J connectivity index is 0.939. The highest BCUT2D eigenvalue weighted by atomic mass is 14.2. The molecule has 0 spiro atoms. The molecule has 0 saturated heterocycles. The van der Waals surface area contributed by atoms with Crippen molar-refractivity contribution in [3.8, 4) is 22.3 Å². The van der Waals surface area contributed by atoms with Crippen LogP contribution in [0, 0.1) is 0 Å². The van der Waals surface area contributed by atoms with Crippen molar-refractivity contribution in [2.24, 2.45) is 0 Å². The largest absolute Gasteiger partial charge is 0.0616 e. The fourth-order valence-corrected chi connectivity index (χ4v) is 10.1. The monoisotopic (exact) mass is 734 g/mol. The quantitative estimate of drug-likeness (QED) is 0.158. The molecular weight excluding hydrogens is 697 g/mol. The SMILES string of the molecule is CC(c1ccc(-c2cc3c4ccccc4c4ccccc4c3c3ccccc23)cc1)c1ccc(-c2cc3c4ccccc4c4ccccc4c3c3ccccc23)cc1. The first-order valence-electron chi connectivity index (χ1n) is 20.4. The van der Waals surface area contributed by atoms with Gasteiger partial charge in [-0.1, -0.05) is 201 Å². The number of benzene rings is 12. The lowest BCUT2D eigenvalue weighted by molar-refractivity contribution is 0.923. The molecule has 0 aliphatic carbocycles. The molecule has 0 nitrogen and oxygen atoms in total. The number of fused-ring (bicyclic) bond motifs is 16. The van der Waals surface area contributed by atoms with Crippen LogP contribution in [0.15, 0.2) is 206 Å². The lowest BCUT2D eigenvalue weighted by Crippen LogP contribution is -1.96. The van der Waals surface area contributed by atoms with E-state index in [1.165, 1.54) is 120 Å². The van der Waals surface area contributed by atoms with Crippen LogP contribution in [0.4, 0.5) is 0 Å². The average Bonchev–Trinajstić information content (AvgIpc) is 3.30. The van der Waals surface area contributed by atoms with Gasteiger partial charge in [0.1, 0.15) is 0 Å². The van der Waals surface area contributed by atoms with Gasteiger partial charge in [0.25, 0.3) is 0 Å². The van der Waals surface area contributed by atoms with E-state index >= 15 is 0 Å². The summed E-state index contributed by atoms with van der Waals surface area (Å²) in [6, 6.07) is 76.9. The molecule has 0 heteroatoms. The topological polar surface area (TPSA) is 0 Å². The fourth-order valence-electron chi connectivity index (χ4n) is 10.1. The summed E-state index contributed by atoms with van der Waals surface area (Å²) in [6.07, 6.45) is 0. The first-order chi connectivity index (χ1) is 28.7. The van der Waals surface area contributed by atoms with Crippen molar-refractivity contribution < 1.29 is 0 Å². The standard InChI is InChI=1S/C58H38/c1-36(37-26-30-39(31-27-37)53-34-55-45-18-4-2-14-41(45)43-16-6-10-22-49(43)57(55)51-24-12-8-20-47(51)53)38-28-32-40(33-29-38)54-35-56-46-19-5-3-15-42(46)44-17-7-11-23-50(44)58(56)52-25-13-9-21-48(52)54/h2-36H,1H3. The minimum absolute atomic E-state index is 0.246. The molecule has 0 radical (unpaired) electrons. The Morgan fingerprint density at radius 2 is 0.483 bits per heavy atom. The second kappa shape index (κ2) is 12.9. The molecule has 12 aromatic carbocycles. The van der Waals surface area contributed by atoms with Crippen LogP contribution >= 0.6 is 0 Å². The van der Waals surface area contributed by atoms with E-state index in [4.69, 9.17) is 0 Å². The molecule has 0 aromatic heterocycles. The molecule has 0 heterocycles. The number of hydrogen-bond acceptors (Lipinski definition) is 0. The summed E-state index contributed by atoms with van der Waals surface area (Å²) in [7, 11) is 0. The van der Waals surface area contributed by atoms with E-state index in [9.17, 15) is 0 Å². The first kappa shape index (κ1) is 32.9. The summed E-state index contributed by atoms with van der Waals surface area (Å²) in [5, 5.41) is 20.9. The predicted molar refractivity (Wildman–Crippen MR) is 251 cm³/mol. The van der Waals surface area contributed by atoms with Gasteiger partial charge in [-0.3, -0.25) is 0 Å². The van der Waals surface area contributed by atoms with Crippen molar-refractivity contribution in [3.05, 3.63) is 217 Å². The molecule has 0 aliphatic rings.